The van der Waals surface area contributed by atoms with E-state index in [0.29, 0.717) is 60.4 Å². The number of aromatic amines is 1. The minimum absolute atomic E-state index is 0.0895. The van der Waals surface area contributed by atoms with Gasteiger partial charge in [-0.3, -0.25) is 9.78 Å². The van der Waals surface area contributed by atoms with Gasteiger partial charge in [0, 0.05) is 55.4 Å². The van der Waals surface area contributed by atoms with Crippen molar-refractivity contribution in [2.45, 2.75) is 18.2 Å². The van der Waals surface area contributed by atoms with Crippen molar-refractivity contribution in [3.05, 3.63) is 42.1 Å². The van der Waals surface area contributed by atoms with Crippen LogP contribution in [0.2, 0.25) is 0 Å². The number of carbonyl (C=O) groups is 1. The fraction of sp³-hybridized carbons (Fsp3) is 0.364. The first-order valence-corrected chi connectivity index (χ1v) is 12.0. The van der Waals surface area contributed by atoms with E-state index in [2.05, 4.69) is 20.2 Å². The van der Waals surface area contributed by atoms with Crippen molar-refractivity contribution in [3.8, 4) is 17.1 Å². The number of likely N-dealkylation sites (N-methyl/N-ethyl adjacent to an activating group) is 1. The van der Waals surface area contributed by atoms with Crippen LogP contribution in [-0.2, 0) is 10.0 Å². The summed E-state index contributed by atoms with van der Waals surface area (Å²) in [5.74, 6) is -0.282. The Hall–Kier alpha value is -2.95. The summed E-state index contributed by atoms with van der Waals surface area (Å²) in [7, 11) is -1.66. The number of amides is 1. The van der Waals surface area contributed by atoms with Crippen LogP contribution in [0, 0.1) is 0 Å². The van der Waals surface area contributed by atoms with Gasteiger partial charge in [0.15, 0.2) is 5.88 Å². The summed E-state index contributed by atoms with van der Waals surface area (Å²) < 4.78 is 27.4. The van der Waals surface area contributed by atoms with Crippen molar-refractivity contribution < 1.29 is 18.3 Å². The SMILES string of the molecule is CCCNC(=O)c1ccc2[nH]c(O)c(-c3ccc(S(=O)(=O)N4CCN(C)CC4)cn3)c2c1. The molecule has 1 aromatic carbocycles. The Balaban J connectivity index is 1.65. The van der Waals surface area contributed by atoms with Gasteiger partial charge in [-0.15, -0.1) is 0 Å². The Kier molecular flexibility index (Phi) is 6.18. The second-order valence-electron chi connectivity index (χ2n) is 7.95. The Morgan fingerprint density at radius 1 is 1.19 bits per heavy atom. The van der Waals surface area contributed by atoms with E-state index in [1.54, 1.807) is 24.3 Å². The molecule has 0 saturated carbocycles. The molecule has 4 rings (SSSR count). The molecule has 1 aliphatic rings. The summed E-state index contributed by atoms with van der Waals surface area (Å²) in [4.78, 5) is 21.8. The zero-order chi connectivity index (χ0) is 22.9. The molecular formula is C22H27N5O4S. The number of benzene rings is 1. The number of hydrogen-bond acceptors (Lipinski definition) is 6. The van der Waals surface area contributed by atoms with Crippen molar-refractivity contribution in [1.29, 1.82) is 0 Å². The number of carbonyl (C=O) groups excluding carboxylic acids is 1. The van der Waals surface area contributed by atoms with Gasteiger partial charge < -0.3 is 20.3 Å². The summed E-state index contributed by atoms with van der Waals surface area (Å²) >= 11 is 0. The number of nitrogens with zero attached hydrogens (tertiary/aromatic N) is 3. The monoisotopic (exact) mass is 457 g/mol. The Morgan fingerprint density at radius 2 is 1.94 bits per heavy atom. The molecule has 1 fully saturated rings. The van der Waals surface area contributed by atoms with Crippen LogP contribution in [-0.4, -0.2) is 78.4 Å². The zero-order valence-electron chi connectivity index (χ0n) is 18.1. The molecule has 0 aliphatic carbocycles. The van der Waals surface area contributed by atoms with E-state index in [4.69, 9.17) is 0 Å². The van der Waals surface area contributed by atoms with E-state index in [-0.39, 0.29) is 16.7 Å². The van der Waals surface area contributed by atoms with E-state index < -0.39 is 10.0 Å². The van der Waals surface area contributed by atoms with Gasteiger partial charge in [-0.2, -0.15) is 4.31 Å². The largest absolute Gasteiger partial charge is 0.494 e. The highest BCUT2D eigenvalue weighted by Crippen LogP contribution is 2.36. The molecule has 1 aliphatic heterocycles. The van der Waals surface area contributed by atoms with Crippen LogP contribution in [0.1, 0.15) is 23.7 Å². The second-order valence-corrected chi connectivity index (χ2v) is 9.89. The van der Waals surface area contributed by atoms with Gasteiger partial charge in [0.1, 0.15) is 4.90 Å². The van der Waals surface area contributed by atoms with Crippen LogP contribution in [0.4, 0.5) is 0 Å². The Labute approximate surface area is 187 Å². The maximum Gasteiger partial charge on any atom is 0.251 e. The van der Waals surface area contributed by atoms with Crippen LogP contribution in [0.5, 0.6) is 5.88 Å². The summed E-state index contributed by atoms with van der Waals surface area (Å²) in [6.07, 6.45) is 2.15. The highest BCUT2D eigenvalue weighted by Gasteiger charge is 2.28. The summed E-state index contributed by atoms with van der Waals surface area (Å²) in [6, 6.07) is 8.20. The number of fused-ring (bicyclic) bond motifs is 1. The molecule has 0 atom stereocenters. The van der Waals surface area contributed by atoms with E-state index in [0.717, 1.165) is 6.42 Å². The molecule has 10 heteroatoms. The maximum atomic E-state index is 12.9. The molecule has 0 radical (unpaired) electrons. The van der Waals surface area contributed by atoms with Gasteiger partial charge in [-0.1, -0.05) is 6.92 Å². The average molecular weight is 458 g/mol. The third kappa shape index (κ3) is 4.21. The van der Waals surface area contributed by atoms with Gasteiger partial charge in [-0.05, 0) is 43.8 Å². The van der Waals surface area contributed by atoms with E-state index >= 15 is 0 Å². The van der Waals surface area contributed by atoms with Crippen molar-refractivity contribution in [2.24, 2.45) is 0 Å². The number of H-pyrrole nitrogens is 1. The molecule has 170 valence electrons. The number of pyridine rings is 1. The standard InChI is InChI=1S/C22H27N5O4S/c1-3-8-23-21(28)15-4-6-18-17(13-15)20(22(29)25-18)19-7-5-16(14-24-19)32(30,31)27-11-9-26(2)10-12-27/h4-7,13-14,25,29H,3,8-12H2,1-2H3,(H,23,28). The summed E-state index contributed by atoms with van der Waals surface area (Å²) in [6.45, 7) is 4.79. The second kappa shape index (κ2) is 8.89. The maximum absolute atomic E-state index is 12.9. The molecule has 0 unspecified atom stereocenters. The fourth-order valence-electron chi connectivity index (χ4n) is 3.78. The van der Waals surface area contributed by atoms with Gasteiger partial charge >= 0.3 is 0 Å². The van der Waals surface area contributed by atoms with Crippen LogP contribution < -0.4 is 5.32 Å². The normalized spacial score (nSPS) is 15.8. The lowest BCUT2D eigenvalue weighted by atomic mass is 10.1. The van der Waals surface area contributed by atoms with Crippen molar-refractivity contribution in [2.75, 3.05) is 39.8 Å². The van der Waals surface area contributed by atoms with E-state index in [1.165, 1.54) is 16.6 Å². The predicted octanol–water partition coefficient (Wildman–Crippen LogP) is 2.01. The first kappa shape index (κ1) is 22.3. The van der Waals surface area contributed by atoms with Crippen molar-refractivity contribution in [1.82, 2.24) is 24.5 Å². The predicted molar refractivity (Wildman–Crippen MR) is 122 cm³/mol. The number of nitrogens with one attached hydrogen (secondary N) is 2. The highest BCUT2D eigenvalue weighted by atomic mass is 32.2. The third-order valence-electron chi connectivity index (χ3n) is 5.67. The molecule has 32 heavy (non-hydrogen) atoms. The number of sulfonamides is 1. The van der Waals surface area contributed by atoms with E-state index in [9.17, 15) is 18.3 Å². The molecule has 3 N–H and O–H groups in total. The number of aromatic nitrogens is 2. The first-order valence-electron chi connectivity index (χ1n) is 10.6. The lowest BCUT2D eigenvalue weighted by Crippen LogP contribution is -2.47. The molecular weight excluding hydrogens is 430 g/mol. The summed E-state index contributed by atoms with van der Waals surface area (Å²) in [5, 5.41) is 14.0. The molecule has 1 amide bonds. The summed E-state index contributed by atoms with van der Waals surface area (Å²) in [5.41, 5.74) is 1.96. The smallest absolute Gasteiger partial charge is 0.251 e. The van der Waals surface area contributed by atoms with Crippen LogP contribution in [0.25, 0.3) is 22.2 Å². The number of rotatable bonds is 6. The topological polar surface area (TPSA) is 119 Å². The van der Waals surface area contributed by atoms with Crippen LogP contribution >= 0.6 is 0 Å². The lowest BCUT2D eigenvalue weighted by Gasteiger charge is -2.31. The number of hydrogen-bond donors (Lipinski definition) is 3. The average Bonchev–Trinajstić information content (AvgIpc) is 3.12. The number of aromatic hydroxyl groups is 1. The molecule has 0 bridgehead atoms. The Bertz CT molecular complexity index is 1230. The van der Waals surface area contributed by atoms with Gasteiger partial charge in [-0.25, -0.2) is 8.42 Å². The highest BCUT2D eigenvalue weighted by molar-refractivity contribution is 7.89. The molecule has 1 saturated heterocycles. The van der Waals surface area contributed by atoms with Gasteiger partial charge in [0.05, 0.1) is 11.3 Å². The lowest BCUT2D eigenvalue weighted by molar-refractivity contribution is 0.0954. The van der Waals surface area contributed by atoms with Crippen LogP contribution in [0.15, 0.2) is 41.4 Å². The van der Waals surface area contributed by atoms with Crippen LogP contribution in [0.3, 0.4) is 0 Å². The fourth-order valence-corrected chi connectivity index (χ4v) is 5.15. The zero-order valence-corrected chi connectivity index (χ0v) is 18.9. The Morgan fingerprint density at radius 3 is 2.59 bits per heavy atom. The minimum atomic E-state index is -3.63. The number of piperazine rings is 1. The van der Waals surface area contributed by atoms with Gasteiger partial charge in [0.25, 0.3) is 5.91 Å². The molecule has 0 spiro atoms. The van der Waals surface area contributed by atoms with E-state index in [1.807, 2.05) is 14.0 Å². The molecule has 3 heterocycles. The third-order valence-corrected chi connectivity index (χ3v) is 7.55. The molecule has 3 aromatic rings. The van der Waals surface area contributed by atoms with Gasteiger partial charge in [0.2, 0.25) is 10.0 Å². The molecule has 2 aromatic heterocycles. The minimum Gasteiger partial charge on any atom is -0.494 e. The van der Waals surface area contributed by atoms with Crippen molar-refractivity contribution >= 4 is 26.8 Å². The quantitative estimate of drug-likeness (QED) is 0.521. The molecule has 9 nitrogen and oxygen atoms in total. The first-order chi connectivity index (χ1) is 15.3. The van der Waals surface area contributed by atoms with Crippen molar-refractivity contribution in [3.63, 3.8) is 0 Å².